The molecule has 2 rings (SSSR count). The van der Waals surface area contributed by atoms with Crippen molar-refractivity contribution in [1.29, 1.82) is 0 Å². The van der Waals surface area contributed by atoms with Crippen LogP contribution in [0.5, 0.6) is 0 Å². The van der Waals surface area contributed by atoms with Crippen LogP contribution in [0.2, 0.25) is 0 Å². The minimum absolute atomic E-state index is 0.218. The molecule has 2 aromatic rings. The molecule has 2 amide bonds. The summed E-state index contributed by atoms with van der Waals surface area (Å²) in [6, 6.07) is 16.4. The van der Waals surface area contributed by atoms with Gasteiger partial charge in [0.05, 0.1) is 17.9 Å². The zero-order chi connectivity index (χ0) is 19.6. The van der Waals surface area contributed by atoms with E-state index in [2.05, 4.69) is 5.32 Å². The molecule has 140 valence electrons. The van der Waals surface area contributed by atoms with Crippen molar-refractivity contribution >= 4 is 23.5 Å². The molecule has 0 unspecified atom stereocenters. The number of carbonyl (C=O) groups excluding carboxylic acids is 3. The third-order valence-corrected chi connectivity index (χ3v) is 3.68. The Labute approximate surface area is 158 Å². The molecule has 0 aliphatic carbocycles. The predicted molar refractivity (Wildman–Crippen MR) is 103 cm³/mol. The molecule has 0 radical (unpaired) electrons. The highest BCUT2D eigenvalue weighted by atomic mass is 16.5. The van der Waals surface area contributed by atoms with Gasteiger partial charge in [-0.25, -0.2) is 4.79 Å². The monoisotopic (exact) mass is 366 g/mol. The summed E-state index contributed by atoms with van der Waals surface area (Å²) in [6.07, 6.45) is 2.12. The van der Waals surface area contributed by atoms with Gasteiger partial charge in [0.15, 0.2) is 0 Å². The van der Waals surface area contributed by atoms with E-state index in [1.807, 2.05) is 30.3 Å². The molecule has 0 aliphatic heterocycles. The Hall–Kier alpha value is -3.41. The number of hydrogen-bond donors (Lipinski definition) is 1. The first-order valence-corrected chi connectivity index (χ1v) is 8.55. The molecule has 0 atom stereocenters. The minimum Gasteiger partial charge on any atom is -0.463 e. The first-order chi connectivity index (χ1) is 13.0. The van der Waals surface area contributed by atoms with Crippen molar-refractivity contribution in [3.8, 4) is 0 Å². The van der Waals surface area contributed by atoms with Gasteiger partial charge in [-0.15, -0.1) is 0 Å². The second-order valence-electron chi connectivity index (χ2n) is 5.77. The zero-order valence-corrected chi connectivity index (χ0v) is 15.3. The van der Waals surface area contributed by atoms with Crippen LogP contribution in [0.15, 0.2) is 66.7 Å². The van der Waals surface area contributed by atoms with Gasteiger partial charge in [-0.1, -0.05) is 42.5 Å². The zero-order valence-electron chi connectivity index (χ0n) is 15.3. The van der Waals surface area contributed by atoms with E-state index in [0.29, 0.717) is 17.8 Å². The quantitative estimate of drug-likeness (QED) is 0.604. The van der Waals surface area contributed by atoms with Crippen LogP contribution < -0.4 is 5.32 Å². The van der Waals surface area contributed by atoms with E-state index < -0.39 is 11.9 Å². The summed E-state index contributed by atoms with van der Waals surface area (Å²) in [5.41, 5.74) is 1.75. The number of benzene rings is 2. The summed E-state index contributed by atoms with van der Waals surface area (Å²) in [6.45, 7) is 2.36. The second kappa shape index (κ2) is 9.91. The Kier molecular flexibility index (Phi) is 7.31. The van der Waals surface area contributed by atoms with Crippen molar-refractivity contribution in [3.63, 3.8) is 0 Å². The van der Waals surface area contributed by atoms with E-state index in [4.69, 9.17) is 4.74 Å². The molecule has 0 fully saturated rings. The SMILES string of the molecule is CCOC(=O)C=CC(=O)Nc1ccccc1C(=O)N(C)Cc1ccccc1. The highest BCUT2D eigenvalue weighted by Crippen LogP contribution is 2.18. The largest absolute Gasteiger partial charge is 0.463 e. The lowest BCUT2D eigenvalue weighted by molar-refractivity contribution is -0.137. The van der Waals surface area contributed by atoms with E-state index in [9.17, 15) is 14.4 Å². The highest BCUT2D eigenvalue weighted by molar-refractivity contribution is 6.07. The van der Waals surface area contributed by atoms with Crippen LogP contribution in [0, 0.1) is 0 Å². The average Bonchev–Trinajstić information content (AvgIpc) is 2.67. The maximum absolute atomic E-state index is 12.8. The normalized spacial score (nSPS) is 10.4. The molecule has 27 heavy (non-hydrogen) atoms. The van der Waals surface area contributed by atoms with Crippen LogP contribution in [0.3, 0.4) is 0 Å². The molecule has 0 aliphatic rings. The Morgan fingerprint density at radius 2 is 1.67 bits per heavy atom. The Balaban J connectivity index is 2.09. The molecule has 0 saturated heterocycles. The molecule has 6 nitrogen and oxygen atoms in total. The lowest BCUT2D eigenvalue weighted by atomic mass is 10.1. The first kappa shape index (κ1) is 19.9. The molecule has 0 saturated carbocycles. The van der Waals surface area contributed by atoms with Crippen molar-refractivity contribution in [3.05, 3.63) is 77.9 Å². The molecule has 6 heteroatoms. The van der Waals surface area contributed by atoms with Crippen molar-refractivity contribution in [2.75, 3.05) is 19.0 Å². The number of anilines is 1. The van der Waals surface area contributed by atoms with Crippen LogP contribution in [0.1, 0.15) is 22.8 Å². The average molecular weight is 366 g/mol. The highest BCUT2D eigenvalue weighted by Gasteiger charge is 2.16. The number of carbonyl (C=O) groups is 3. The standard InChI is InChI=1S/C21H22N2O4/c1-3-27-20(25)14-13-19(24)22-18-12-8-7-11-17(18)21(26)23(2)15-16-9-5-4-6-10-16/h4-14H,3,15H2,1-2H3,(H,22,24). The maximum Gasteiger partial charge on any atom is 0.330 e. The molecular weight excluding hydrogens is 344 g/mol. The molecule has 0 spiro atoms. The summed E-state index contributed by atoms with van der Waals surface area (Å²) >= 11 is 0. The number of ether oxygens (including phenoxy) is 1. The van der Waals surface area contributed by atoms with Gasteiger partial charge in [-0.2, -0.15) is 0 Å². The number of nitrogens with one attached hydrogen (secondary N) is 1. The summed E-state index contributed by atoms with van der Waals surface area (Å²) < 4.78 is 4.73. The fourth-order valence-corrected chi connectivity index (χ4v) is 2.42. The molecule has 0 heterocycles. The fourth-order valence-electron chi connectivity index (χ4n) is 2.42. The van der Waals surface area contributed by atoms with Gasteiger partial charge >= 0.3 is 5.97 Å². The van der Waals surface area contributed by atoms with Gasteiger partial charge in [0.1, 0.15) is 0 Å². The van der Waals surface area contributed by atoms with E-state index in [0.717, 1.165) is 17.7 Å². The van der Waals surface area contributed by atoms with E-state index in [-0.39, 0.29) is 12.5 Å². The summed E-state index contributed by atoms with van der Waals surface area (Å²) in [5.74, 6) is -1.34. The molecule has 1 N–H and O–H groups in total. The number of hydrogen-bond acceptors (Lipinski definition) is 4. The van der Waals surface area contributed by atoms with Crippen LogP contribution in [-0.4, -0.2) is 36.3 Å². The smallest absolute Gasteiger partial charge is 0.330 e. The van der Waals surface area contributed by atoms with E-state index in [1.54, 1.807) is 43.1 Å². The number of rotatable bonds is 7. The van der Waals surface area contributed by atoms with Gasteiger partial charge in [-0.05, 0) is 24.6 Å². The van der Waals surface area contributed by atoms with Crippen LogP contribution in [-0.2, 0) is 20.9 Å². The topological polar surface area (TPSA) is 75.7 Å². The minimum atomic E-state index is -0.598. The van der Waals surface area contributed by atoms with Crippen molar-refractivity contribution in [2.45, 2.75) is 13.5 Å². The first-order valence-electron chi connectivity index (χ1n) is 8.55. The lowest BCUT2D eigenvalue weighted by Crippen LogP contribution is -2.27. The maximum atomic E-state index is 12.8. The summed E-state index contributed by atoms with van der Waals surface area (Å²) in [4.78, 5) is 37.7. The van der Waals surface area contributed by atoms with Crippen LogP contribution in [0.4, 0.5) is 5.69 Å². The van der Waals surface area contributed by atoms with Gasteiger partial charge in [-0.3, -0.25) is 9.59 Å². The van der Waals surface area contributed by atoms with Crippen molar-refractivity contribution in [1.82, 2.24) is 4.90 Å². The third-order valence-electron chi connectivity index (χ3n) is 3.68. The lowest BCUT2D eigenvalue weighted by Gasteiger charge is -2.19. The number of nitrogens with zero attached hydrogens (tertiary/aromatic N) is 1. The number of esters is 1. The molecule has 0 aromatic heterocycles. The molecule has 2 aromatic carbocycles. The van der Waals surface area contributed by atoms with Crippen molar-refractivity contribution < 1.29 is 19.1 Å². The third kappa shape index (κ3) is 6.11. The molecule has 0 bridgehead atoms. The summed E-state index contributed by atoms with van der Waals surface area (Å²) in [7, 11) is 1.70. The van der Waals surface area contributed by atoms with Gasteiger partial charge in [0, 0.05) is 25.7 Å². The van der Waals surface area contributed by atoms with Crippen molar-refractivity contribution in [2.24, 2.45) is 0 Å². The summed E-state index contributed by atoms with van der Waals surface area (Å²) in [5, 5.41) is 2.63. The number of para-hydroxylation sites is 1. The Bertz CT molecular complexity index is 831. The van der Waals surface area contributed by atoms with Gasteiger partial charge in [0.2, 0.25) is 5.91 Å². The van der Waals surface area contributed by atoms with Gasteiger partial charge < -0.3 is 15.0 Å². The number of amides is 2. The molecular formula is C21H22N2O4. The Morgan fingerprint density at radius 1 is 1.00 bits per heavy atom. The van der Waals surface area contributed by atoms with Crippen LogP contribution >= 0.6 is 0 Å². The fraction of sp³-hybridized carbons (Fsp3) is 0.190. The van der Waals surface area contributed by atoms with E-state index in [1.165, 1.54) is 0 Å². The van der Waals surface area contributed by atoms with Gasteiger partial charge in [0.25, 0.3) is 5.91 Å². The Morgan fingerprint density at radius 3 is 2.37 bits per heavy atom. The predicted octanol–water partition coefficient (Wildman–Crippen LogP) is 3.02. The second-order valence-corrected chi connectivity index (χ2v) is 5.77. The van der Waals surface area contributed by atoms with Crippen LogP contribution in [0.25, 0.3) is 0 Å². The van der Waals surface area contributed by atoms with E-state index >= 15 is 0 Å².